The minimum absolute atomic E-state index is 0.234. The SMILES string of the molecule is Cc1nc(Cl)c(CCl)c(Cl)n1. The van der Waals surface area contributed by atoms with Crippen LogP contribution in [0.2, 0.25) is 10.3 Å². The second-order valence-electron chi connectivity index (χ2n) is 1.96. The highest BCUT2D eigenvalue weighted by Gasteiger charge is 2.07. The highest BCUT2D eigenvalue weighted by Crippen LogP contribution is 2.22. The molecule has 0 bridgehead atoms. The van der Waals surface area contributed by atoms with Gasteiger partial charge >= 0.3 is 0 Å². The van der Waals surface area contributed by atoms with Gasteiger partial charge in [0.1, 0.15) is 16.1 Å². The average Bonchev–Trinajstić information content (AvgIpc) is 1.85. The van der Waals surface area contributed by atoms with E-state index in [4.69, 9.17) is 34.8 Å². The molecule has 0 fully saturated rings. The topological polar surface area (TPSA) is 25.8 Å². The fraction of sp³-hybridized carbons (Fsp3) is 0.333. The van der Waals surface area contributed by atoms with Gasteiger partial charge in [0.25, 0.3) is 0 Å². The second-order valence-corrected chi connectivity index (χ2v) is 2.95. The lowest BCUT2D eigenvalue weighted by Crippen LogP contribution is -1.94. The highest BCUT2D eigenvalue weighted by atomic mass is 35.5. The van der Waals surface area contributed by atoms with Crippen molar-refractivity contribution in [3.05, 3.63) is 21.7 Å². The first kappa shape index (κ1) is 9.04. The van der Waals surface area contributed by atoms with Gasteiger partial charge in [-0.1, -0.05) is 23.2 Å². The summed E-state index contributed by atoms with van der Waals surface area (Å²) in [6.45, 7) is 1.72. The lowest BCUT2D eigenvalue weighted by molar-refractivity contribution is 1.03. The molecule has 1 aromatic rings. The van der Waals surface area contributed by atoms with Gasteiger partial charge in [0.2, 0.25) is 0 Å². The van der Waals surface area contributed by atoms with Crippen LogP contribution in [0.1, 0.15) is 11.4 Å². The zero-order chi connectivity index (χ0) is 8.43. The van der Waals surface area contributed by atoms with Crippen molar-refractivity contribution in [2.45, 2.75) is 12.8 Å². The predicted molar refractivity (Wildman–Crippen MR) is 46.3 cm³/mol. The molecule has 0 unspecified atom stereocenters. The summed E-state index contributed by atoms with van der Waals surface area (Å²) in [5.74, 6) is 0.784. The van der Waals surface area contributed by atoms with Crippen LogP contribution in [0.5, 0.6) is 0 Å². The molecule has 60 valence electrons. The molecule has 5 heteroatoms. The molecule has 0 atom stereocenters. The van der Waals surface area contributed by atoms with Gasteiger partial charge in [-0.05, 0) is 6.92 Å². The van der Waals surface area contributed by atoms with Gasteiger partial charge in [-0.2, -0.15) is 0 Å². The molecule has 1 rings (SSSR count). The summed E-state index contributed by atoms with van der Waals surface area (Å²) in [5, 5.41) is 0.662. The number of aromatic nitrogens is 2. The largest absolute Gasteiger partial charge is 0.221 e. The smallest absolute Gasteiger partial charge is 0.138 e. The molecule has 1 aromatic heterocycles. The minimum Gasteiger partial charge on any atom is -0.221 e. The van der Waals surface area contributed by atoms with E-state index in [1.807, 2.05) is 0 Å². The van der Waals surface area contributed by atoms with Crippen LogP contribution in [0.3, 0.4) is 0 Å². The van der Waals surface area contributed by atoms with Crippen LogP contribution >= 0.6 is 34.8 Å². The van der Waals surface area contributed by atoms with Gasteiger partial charge in [-0.3, -0.25) is 0 Å². The van der Waals surface area contributed by atoms with E-state index < -0.39 is 0 Å². The Labute approximate surface area is 79.5 Å². The number of hydrogen-bond acceptors (Lipinski definition) is 2. The molecular weight excluding hydrogens is 206 g/mol. The maximum absolute atomic E-state index is 5.71. The maximum atomic E-state index is 5.71. The molecule has 0 aromatic carbocycles. The molecule has 0 amide bonds. The summed E-state index contributed by atoms with van der Waals surface area (Å²) in [5.41, 5.74) is 0.584. The van der Waals surface area contributed by atoms with Crippen molar-refractivity contribution in [3.8, 4) is 0 Å². The Morgan fingerprint density at radius 3 is 2.00 bits per heavy atom. The second kappa shape index (κ2) is 3.57. The van der Waals surface area contributed by atoms with Gasteiger partial charge in [0, 0.05) is 5.56 Å². The molecule has 2 nitrogen and oxygen atoms in total. The highest BCUT2D eigenvalue weighted by molar-refractivity contribution is 6.35. The first-order valence-electron chi connectivity index (χ1n) is 2.89. The number of aryl methyl sites for hydroxylation is 1. The van der Waals surface area contributed by atoms with Crippen LogP contribution in [0, 0.1) is 6.92 Å². The zero-order valence-electron chi connectivity index (χ0n) is 5.74. The lowest BCUT2D eigenvalue weighted by Gasteiger charge is -2.01. The monoisotopic (exact) mass is 210 g/mol. The van der Waals surface area contributed by atoms with E-state index >= 15 is 0 Å². The fourth-order valence-electron chi connectivity index (χ4n) is 0.639. The standard InChI is InChI=1S/C6H5Cl3N2/c1-3-10-5(8)4(2-7)6(9)11-3/h2H2,1H3. The van der Waals surface area contributed by atoms with Gasteiger partial charge < -0.3 is 0 Å². The summed E-state index contributed by atoms with van der Waals surface area (Å²) in [6.07, 6.45) is 0. The maximum Gasteiger partial charge on any atom is 0.138 e. The minimum atomic E-state index is 0.234. The van der Waals surface area contributed by atoms with Crippen LogP contribution < -0.4 is 0 Å². The zero-order valence-corrected chi connectivity index (χ0v) is 8.00. The number of rotatable bonds is 1. The Kier molecular flexibility index (Phi) is 2.93. The van der Waals surface area contributed by atoms with E-state index in [1.165, 1.54) is 0 Å². The molecule has 1 heterocycles. The number of nitrogens with zero attached hydrogens (tertiary/aromatic N) is 2. The van der Waals surface area contributed by atoms with E-state index in [1.54, 1.807) is 6.92 Å². The van der Waals surface area contributed by atoms with Crippen molar-refractivity contribution in [1.82, 2.24) is 9.97 Å². The fourth-order valence-corrected chi connectivity index (χ4v) is 1.64. The van der Waals surface area contributed by atoms with Crippen LogP contribution in [-0.4, -0.2) is 9.97 Å². The van der Waals surface area contributed by atoms with Crippen molar-refractivity contribution >= 4 is 34.8 Å². The van der Waals surface area contributed by atoms with Gasteiger partial charge in [-0.15, -0.1) is 11.6 Å². The van der Waals surface area contributed by atoms with E-state index in [9.17, 15) is 0 Å². The van der Waals surface area contributed by atoms with Gasteiger partial charge in [0.15, 0.2) is 0 Å². The van der Waals surface area contributed by atoms with E-state index in [0.717, 1.165) is 0 Å². The van der Waals surface area contributed by atoms with E-state index in [2.05, 4.69) is 9.97 Å². The Morgan fingerprint density at radius 1 is 1.18 bits per heavy atom. The quantitative estimate of drug-likeness (QED) is 0.527. The normalized spacial score (nSPS) is 10.2. The Bertz CT molecular complexity index is 252. The number of halogens is 3. The molecule has 0 N–H and O–H groups in total. The molecule has 0 saturated heterocycles. The van der Waals surface area contributed by atoms with E-state index in [-0.39, 0.29) is 5.88 Å². The third kappa shape index (κ3) is 1.95. The summed E-state index contributed by atoms with van der Waals surface area (Å²) < 4.78 is 0. The van der Waals surface area contributed by atoms with Crippen molar-refractivity contribution in [1.29, 1.82) is 0 Å². The van der Waals surface area contributed by atoms with Crippen molar-refractivity contribution in [3.63, 3.8) is 0 Å². The van der Waals surface area contributed by atoms with Crippen molar-refractivity contribution < 1.29 is 0 Å². The van der Waals surface area contributed by atoms with Crippen LogP contribution in [-0.2, 0) is 5.88 Å². The van der Waals surface area contributed by atoms with Crippen molar-refractivity contribution in [2.24, 2.45) is 0 Å². The van der Waals surface area contributed by atoms with Crippen molar-refractivity contribution in [2.75, 3.05) is 0 Å². The summed E-state index contributed by atoms with van der Waals surface area (Å²) in [7, 11) is 0. The van der Waals surface area contributed by atoms with Gasteiger partial charge in [0.05, 0.1) is 5.88 Å². The molecule has 0 radical (unpaired) electrons. The molecule has 0 aliphatic rings. The van der Waals surface area contributed by atoms with Gasteiger partial charge in [-0.25, -0.2) is 9.97 Å². The molecule has 0 aliphatic heterocycles. The molecule has 0 saturated carbocycles. The number of hydrogen-bond donors (Lipinski definition) is 0. The molecular formula is C6H5Cl3N2. The predicted octanol–water partition coefficient (Wildman–Crippen LogP) is 2.83. The lowest BCUT2D eigenvalue weighted by atomic mass is 10.4. The number of alkyl halides is 1. The Morgan fingerprint density at radius 2 is 1.64 bits per heavy atom. The molecule has 0 aliphatic carbocycles. The summed E-state index contributed by atoms with van der Waals surface area (Å²) in [4.78, 5) is 7.78. The first-order chi connectivity index (χ1) is 5.15. The van der Waals surface area contributed by atoms with Crippen LogP contribution in [0.4, 0.5) is 0 Å². The first-order valence-corrected chi connectivity index (χ1v) is 4.18. The summed E-state index contributed by atoms with van der Waals surface area (Å²) >= 11 is 17.0. The Hall–Kier alpha value is -0.0500. The van der Waals surface area contributed by atoms with Crippen LogP contribution in [0.15, 0.2) is 0 Å². The Balaban J connectivity index is 3.25. The third-order valence-electron chi connectivity index (χ3n) is 1.15. The third-order valence-corrected chi connectivity index (χ3v) is 2.04. The summed E-state index contributed by atoms with van der Waals surface area (Å²) in [6, 6.07) is 0. The van der Waals surface area contributed by atoms with E-state index in [0.29, 0.717) is 21.7 Å². The average molecular weight is 211 g/mol. The molecule has 11 heavy (non-hydrogen) atoms. The van der Waals surface area contributed by atoms with Crippen LogP contribution in [0.25, 0.3) is 0 Å². The molecule has 0 spiro atoms.